The van der Waals surface area contributed by atoms with Crippen molar-refractivity contribution in [3.63, 3.8) is 0 Å². The van der Waals surface area contributed by atoms with E-state index in [1.54, 1.807) is 17.0 Å². The molecule has 112 valence electrons. The predicted molar refractivity (Wildman–Crippen MR) is 90.8 cm³/mol. The van der Waals surface area contributed by atoms with Gasteiger partial charge in [-0.25, -0.2) is 0 Å². The fourth-order valence-corrected chi connectivity index (χ4v) is 2.93. The van der Waals surface area contributed by atoms with Crippen molar-refractivity contribution in [1.29, 1.82) is 0 Å². The van der Waals surface area contributed by atoms with Crippen LogP contribution >= 0.6 is 23.2 Å². The van der Waals surface area contributed by atoms with Crippen molar-refractivity contribution in [2.75, 3.05) is 7.11 Å². The molecule has 0 unspecified atom stereocenters. The van der Waals surface area contributed by atoms with Gasteiger partial charge in [-0.3, -0.25) is 4.68 Å². The zero-order valence-corrected chi connectivity index (χ0v) is 13.6. The van der Waals surface area contributed by atoms with Gasteiger partial charge in [0, 0.05) is 33.6 Å². The van der Waals surface area contributed by atoms with Gasteiger partial charge in [-0.05, 0) is 12.1 Å². The Hall–Kier alpha value is -2.04. The molecule has 0 atom stereocenters. The van der Waals surface area contributed by atoms with Crippen molar-refractivity contribution in [1.82, 2.24) is 9.78 Å². The molecule has 0 aliphatic heterocycles. The van der Waals surface area contributed by atoms with E-state index < -0.39 is 0 Å². The molecule has 4 nitrogen and oxygen atoms in total. The second kappa shape index (κ2) is 5.99. The van der Waals surface area contributed by atoms with Crippen LogP contribution in [0.5, 0.6) is 0 Å². The normalized spacial score (nSPS) is 11.5. The van der Waals surface area contributed by atoms with Crippen molar-refractivity contribution in [2.24, 2.45) is 12.2 Å². The monoisotopic (exact) mass is 333 g/mol. The van der Waals surface area contributed by atoms with E-state index in [1.165, 1.54) is 7.11 Å². The number of nitrogens with zero attached hydrogens (tertiary/aromatic N) is 3. The molecule has 1 aromatic heterocycles. The lowest BCUT2D eigenvalue weighted by Crippen LogP contribution is -1.96. The smallest absolute Gasteiger partial charge is 0.106 e. The zero-order chi connectivity index (χ0) is 15.7. The van der Waals surface area contributed by atoms with Crippen LogP contribution in [0.15, 0.2) is 41.6 Å². The molecule has 0 aliphatic carbocycles. The Balaban J connectivity index is 2.25. The van der Waals surface area contributed by atoms with Gasteiger partial charge in [-0.2, -0.15) is 5.10 Å². The quantitative estimate of drug-likeness (QED) is 0.521. The summed E-state index contributed by atoms with van der Waals surface area (Å²) in [7, 11) is 3.37. The SMILES string of the molecule is CON=Cc1c2cccc(-c3ccc(Cl)cc3Cl)c2nn1C. The number of oxime groups is 1. The maximum absolute atomic E-state index is 6.33. The van der Waals surface area contributed by atoms with E-state index >= 15 is 0 Å². The molecule has 3 aromatic rings. The molecule has 0 N–H and O–H groups in total. The Morgan fingerprint density at radius 1 is 1.18 bits per heavy atom. The third-order valence-corrected chi connectivity index (χ3v) is 3.96. The summed E-state index contributed by atoms with van der Waals surface area (Å²) >= 11 is 12.3. The van der Waals surface area contributed by atoms with Crippen LogP contribution < -0.4 is 0 Å². The summed E-state index contributed by atoms with van der Waals surface area (Å²) in [4.78, 5) is 4.76. The van der Waals surface area contributed by atoms with Gasteiger partial charge in [0.05, 0.1) is 11.9 Å². The maximum atomic E-state index is 6.33. The molecule has 0 amide bonds. The first-order valence-corrected chi connectivity index (χ1v) is 7.35. The van der Waals surface area contributed by atoms with Crippen molar-refractivity contribution in [2.45, 2.75) is 0 Å². The van der Waals surface area contributed by atoms with Crippen molar-refractivity contribution in [3.8, 4) is 11.1 Å². The Bertz CT molecular complexity index is 871. The Labute approximate surface area is 137 Å². The molecule has 0 aliphatic rings. The minimum Gasteiger partial charge on any atom is -0.399 e. The number of rotatable bonds is 3. The Morgan fingerprint density at radius 2 is 2.00 bits per heavy atom. The highest BCUT2D eigenvalue weighted by Crippen LogP contribution is 2.35. The lowest BCUT2D eigenvalue weighted by molar-refractivity contribution is 0.215. The molecule has 2 aromatic carbocycles. The fourth-order valence-electron chi connectivity index (χ4n) is 2.42. The summed E-state index contributed by atoms with van der Waals surface area (Å²) in [6.07, 6.45) is 1.64. The van der Waals surface area contributed by atoms with Gasteiger partial charge in [0.15, 0.2) is 0 Å². The minimum atomic E-state index is 0.595. The average molecular weight is 334 g/mol. The number of fused-ring (bicyclic) bond motifs is 1. The summed E-state index contributed by atoms with van der Waals surface area (Å²) in [5, 5.41) is 10.6. The van der Waals surface area contributed by atoms with E-state index in [9.17, 15) is 0 Å². The van der Waals surface area contributed by atoms with Crippen molar-refractivity contribution >= 4 is 40.3 Å². The summed E-state index contributed by atoms with van der Waals surface area (Å²) < 4.78 is 1.76. The summed E-state index contributed by atoms with van der Waals surface area (Å²) in [6, 6.07) is 11.4. The summed E-state index contributed by atoms with van der Waals surface area (Å²) in [6.45, 7) is 0. The fraction of sp³-hybridized carbons (Fsp3) is 0.125. The van der Waals surface area contributed by atoms with Crippen molar-refractivity contribution < 1.29 is 4.84 Å². The average Bonchev–Trinajstić information content (AvgIpc) is 2.81. The summed E-state index contributed by atoms with van der Waals surface area (Å²) in [5.41, 5.74) is 3.56. The van der Waals surface area contributed by atoms with Gasteiger partial charge >= 0.3 is 0 Å². The van der Waals surface area contributed by atoms with Crippen LogP contribution in [-0.2, 0) is 11.9 Å². The molecule has 1 heterocycles. The molecule has 6 heteroatoms. The lowest BCUT2D eigenvalue weighted by atomic mass is 10.0. The van der Waals surface area contributed by atoms with Crippen LogP contribution in [0.1, 0.15) is 5.69 Å². The van der Waals surface area contributed by atoms with Gasteiger partial charge < -0.3 is 4.84 Å². The van der Waals surface area contributed by atoms with E-state index in [4.69, 9.17) is 28.0 Å². The third-order valence-electron chi connectivity index (χ3n) is 3.41. The molecule has 0 spiro atoms. The highest BCUT2D eigenvalue weighted by atomic mass is 35.5. The number of aryl methyl sites for hydroxylation is 1. The van der Waals surface area contributed by atoms with Gasteiger partial charge in [0.2, 0.25) is 0 Å². The zero-order valence-electron chi connectivity index (χ0n) is 12.0. The second-order valence-corrected chi connectivity index (χ2v) is 5.60. The maximum Gasteiger partial charge on any atom is 0.106 e. The van der Waals surface area contributed by atoms with E-state index in [2.05, 4.69) is 10.3 Å². The highest BCUT2D eigenvalue weighted by molar-refractivity contribution is 6.36. The van der Waals surface area contributed by atoms with Crippen LogP contribution in [0.25, 0.3) is 22.0 Å². The first kappa shape index (κ1) is 14.9. The van der Waals surface area contributed by atoms with Crippen LogP contribution in [0.3, 0.4) is 0 Å². The molecule has 22 heavy (non-hydrogen) atoms. The molecule has 0 saturated carbocycles. The van der Waals surface area contributed by atoms with Crippen LogP contribution in [0.4, 0.5) is 0 Å². The molecule has 0 saturated heterocycles. The van der Waals surface area contributed by atoms with Gasteiger partial charge in [0.1, 0.15) is 12.6 Å². The van der Waals surface area contributed by atoms with Crippen LogP contribution in [0, 0.1) is 0 Å². The van der Waals surface area contributed by atoms with E-state index in [1.807, 2.05) is 37.4 Å². The first-order chi connectivity index (χ1) is 10.6. The van der Waals surface area contributed by atoms with Crippen LogP contribution in [0.2, 0.25) is 10.0 Å². The summed E-state index contributed by atoms with van der Waals surface area (Å²) in [5.74, 6) is 0. The number of hydrogen-bond donors (Lipinski definition) is 0. The molecular formula is C16H13Cl2N3O. The third kappa shape index (κ3) is 2.56. The number of hydrogen-bond acceptors (Lipinski definition) is 3. The first-order valence-electron chi connectivity index (χ1n) is 6.59. The Kier molecular flexibility index (Phi) is 4.05. The van der Waals surface area contributed by atoms with Gasteiger partial charge in [0.25, 0.3) is 0 Å². The van der Waals surface area contributed by atoms with Crippen LogP contribution in [-0.4, -0.2) is 23.1 Å². The number of halogens is 2. The van der Waals surface area contributed by atoms with Gasteiger partial charge in [-0.1, -0.05) is 52.6 Å². The van der Waals surface area contributed by atoms with E-state index in [0.29, 0.717) is 10.0 Å². The van der Waals surface area contributed by atoms with Gasteiger partial charge in [-0.15, -0.1) is 0 Å². The second-order valence-electron chi connectivity index (χ2n) is 4.75. The lowest BCUT2D eigenvalue weighted by Gasteiger charge is -2.05. The molecular weight excluding hydrogens is 321 g/mol. The minimum absolute atomic E-state index is 0.595. The molecule has 0 fully saturated rings. The number of benzene rings is 2. The highest BCUT2D eigenvalue weighted by Gasteiger charge is 2.14. The molecule has 3 rings (SSSR count). The van der Waals surface area contributed by atoms with E-state index in [0.717, 1.165) is 27.7 Å². The van der Waals surface area contributed by atoms with Crippen molar-refractivity contribution in [3.05, 3.63) is 52.1 Å². The largest absolute Gasteiger partial charge is 0.399 e. The number of aromatic nitrogens is 2. The molecule has 0 bridgehead atoms. The van der Waals surface area contributed by atoms with E-state index in [-0.39, 0.29) is 0 Å². The predicted octanol–water partition coefficient (Wildman–Crippen LogP) is 4.53. The topological polar surface area (TPSA) is 39.4 Å². The standard InChI is InChI=1S/C16H13Cl2N3O/c1-21-15(9-19-22-2)13-5-3-4-12(16(13)20-21)11-7-6-10(17)8-14(11)18/h3-9H,1-2H3. The Morgan fingerprint density at radius 3 is 2.73 bits per heavy atom. The molecule has 0 radical (unpaired) electrons.